The maximum atomic E-state index is 11.5. The lowest BCUT2D eigenvalue weighted by atomic mass is 9.94. The normalized spacial score (nSPS) is 23.1. The summed E-state index contributed by atoms with van der Waals surface area (Å²) in [5.74, 6) is -0.186. The molecule has 0 spiro atoms. The zero-order valence-electron chi connectivity index (χ0n) is 8.52. The summed E-state index contributed by atoms with van der Waals surface area (Å²) >= 11 is 0. The Hall–Kier alpha value is -1.39. The Kier molecular flexibility index (Phi) is 2.70. The first-order chi connectivity index (χ1) is 7.18. The summed E-state index contributed by atoms with van der Waals surface area (Å²) < 4.78 is 0. The lowest BCUT2D eigenvalue weighted by Gasteiger charge is -2.30. The second kappa shape index (κ2) is 4.00. The molecule has 0 saturated heterocycles. The molecule has 0 aromatic rings. The van der Waals surface area contributed by atoms with E-state index in [1.807, 2.05) is 0 Å². The summed E-state index contributed by atoms with van der Waals surface area (Å²) in [6, 6.07) is 0.222. The van der Waals surface area contributed by atoms with Gasteiger partial charge >= 0.3 is 0 Å². The molecule has 1 amide bonds. The van der Waals surface area contributed by atoms with Crippen molar-refractivity contribution >= 4 is 5.91 Å². The Morgan fingerprint density at radius 3 is 2.53 bits per heavy atom. The van der Waals surface area contributed by atoms with Crippen molar-refractivity contribution in [3.63, 3.8) is 0 Å². The van der Waals surface area contributed by atoms with Gasteiger partial charge in [0.05, 0.1) is 11.0 Å². The summed E-state index contributed by atoms with van der Waals surface area (Å²) in [6.07, 6.45) is 6.61. The first-order valence-electron chi connectivity index (χ1n) is 5.34. The summed E-state index contributed by atoms with van der Waals surface area (Å²) in [4.78, 5) is 23.3. The summed E-state index contributed by atoms with van der Waals surface area (Å²) in [7, 11) is 0. The molecular formula is C10H14N2O3. The average molecular weight is 210 g/mol. The van der Waals surface area contributed by atoms with Crippen LogP contribution in [0.4, 0.5) is 0 Å². The lowest BCUT2D eigenvalue weighted by molar-refractivity contribution is -0.426. The van der Waals surface area contributed by atoms with E-state index < -0.39 is 4.92 Å². The Morgan fingerprint density at radius 2 is 2.00 bits per heavy atom. The smallest absolute Gasteiger partial charge is 0.270 e. The molecule has 0 aromatic carbocycles. The Balaban J connectivity index is 2.01. The monoisotopic (exact) mass is 210 g/mol. The van der Waals surface area contributed by atoms with E-state index >= 15 is 0 Å². The van der Waals surface area contributed by atoms with Crippen molar-refractivity contribution in [2.45, 2.75) is 38.1 Å². The minimum atomic E-state index is -0.458. The van der Waals surface area contributed by atoms with Crippen LogP contribution in [0.3, 0.4) is 0 Å². The molecule has 1 fully saturated rings. The van der Waals surface area contributed by atoms with Crippen LogP contribution in [0.2, 0.25) is 0 Å². The van der Waals surface area contributed by atoms with Crippen molar-refractivity contribution in [3.8, 4) is 0 Å². The highest BCUT2D eigenvalue weighted by molar-refractivity contribution is 5.90. The highest BCUT2D eigenvalue weighted by Gasteiger charge is 2.34. The predicted octanol–water partition coefficient (Wildman–Crippen LogP) is 1.32. The molecule has 15 heavy (non-hydrogen) atoms. The average Bonchev–Trinajstić information content (AvgIpc) is 2.62. The van der Waals surface area contributed by atoms with Gasteiger partial charge in [-0.1, -0.05) is 19.3 Å². The number of hydrogen-bond acceptors (Lipinski definition) is 3. The fourth-order valence-electron chi connectivity index (χ4n) is 2.34. The summed E-state index contributed by atoms with van der Waals surface area (Å²) in [5, 5.41) is 10.5. The number of carbonyl (C=O) groups excluding carboxylic acids is 1. The van der Waals surface area contributed by atoms with Crippen LogP contribution in [0.25, 0.3) is 0 Å². The quantitative estimate of drug-likeness (QED) is 0.510. The van der Waals surface area contributed by atoms with Crippen molar-refractivity contribution < 1.29 is 9.72 Å². The molecule has 1 saturated carbocycles. The van der Waals surface area contributed by atoms with Crippen LogP contribution < -0.4 is 0 Å². The van der Waals surface area contributed by atoms with E-state index in [1.54, 1.807) is 4.90 Å². The van der Waals surface area contributed by atoms with Crippen molar-refractivity contribution in [3.05, 3.63) is 21.9 Å². The van der Waals surface area contributed by atoms with Gasteiger partial charge in [0.25, 0.3) is 11.6 Å². The van der Waals surface area contributed by atoms with Gasteiger partial charge < -0.3 is 4.90 Å². The fraction of sp³-hybridized carbons (Fsp3) is 0.700. The molecule has 5 heteroatoms. The van der Waals surface area contributed by atoms with E-state index in [9.17, 15) is 14.9 Å². The standard InChI is InChI=1S/C10H14N2O3/c13-10-6-9(12(14)15)7-11(10)8-4-2-1-3-5-8/h6,8H,1-5,7H2. The number of nitrogens with zero attached hydrogens (tertiary/aromatic N) is 2. The third-order valence-electron chi connectivity index (χ3n) is 3.16. The van der Waals surface area contributed by atoms with E-state index in [0.29, 0.717) is 0 Å². The van der Waals surface area contributed by atoms with Crippen LogP contribution in [0.1, 0.15) is 32.1 Å². The zero-order chi connectivity index (χ0) is 10.8. The number of rotatable bonds is 2. The van der Waals surface area contributed by atoms with Crippen molar-refractivity contribution in [1.82, 2.24) is 4.90 Å². The molecule has 82 valence electrons. The third-order valence-corrected chi connectivity index (χ3v) is 3.16. The van der Waals surface area contributed by atoms with Gasteiger partial charge in [0.2, 0.25) is 0 Å². The highest BCUT2D eigenvalue weighted by atomic mass is 16.6. The van der Waals surface area contributed by atoms with Crippen LogP contribution in [-0.2, 0) is 4.79 Å². The number of hydrogen-bond donors (Lipinski definition) is 0. The van der Waals surface area contributed by atoms with Gasteiger partial charge in [-0.3, -0.25) is 14.9 Å². The molecular weight excluding hydrogens is 196 g/mol. The minimum Gasteiger partial charge on any atom is -0.325 e. The molecule has 5 nitrogen and oxygen atoms in total. The van der Waals surface area contributed by atoms with Gasteiger partial charge in [0.1, 0.15) is 6.54 Å². The van der Waals surface area contributed by atoms with E-state index in [2.05, 4.69) is 0 Å². The van der Waals surface area contributed by atoms with E-state index in [-0.39, 0.29) is 24.2 Å². The number of amides is 1. The largest absolute Gasteiger partial charge is 0.325 e. The molecule has 1 heterocycles. The second-order valence-corrected chi connectivity index (χ2v) is 4.15. The van der Waals surface area contributed by atoms with Crippen LogP contribution in [0, 0.1) is 10.1 Å². The predicted molar refractivity (Wildman–Crippen MR) is 53.7 cm³/mol. The van der Waals surface area contributed by atoms with Gasteiger partial charge in [-0.25, -0.2) is 0 Å². The molecule has 0 atom stereocenters. The molecule has 1 aliphatic carbocycles. The van der Waals surface area contributed by atoms with Crippen molar-refractivity contribution in [2.24, 2.45) is 0 Å². The van der Waals surface area contributed by atoms with Gasteiger partial charge in [-0.05, 0) is 12.8 Å². The third kappa shape index (κ3) is 2.00. The van der Waals surface area contributed by atoms with Gasteiger partial charge in [0, 0.05) is 6.04 Å². The topological polar surface area (TPSA) is 63.4 Å². The Bertz CT molecular complexity index is 319. The van der Waals surface area contributed by atoms with Crippen LogP contribution in [0.5, 0.6) is 0 Å². The summed E-state index contributed by atoms with van der Waals surface area (Å²) in [6.45, 7) is 0.191. The maximum Gasteiger partial charge on any atom is 0.270 e. The molecule has 0 unspecified atom stereocenters. The van der Waals surface area contributed by atoms with Gasteiger partial charge in [0.15, 0.2) is 0 Å². The number of nitro groups is 1. The number of carbonyl (C=O) groups is 1. The molecule has 0 bridgehead atoms. The highest BCUT2D eigenvalue weighted by Crippen LogP contribution is 2.26. The first kappa shape index (κ1) is 10.1. The molecule has 1 aliphatic heterocycles. The van der Waals surface area contributed by atoms with E-state index in [1.165, 1.54) is 6.42 Å². The Labute approximate surface area is 87.9 Å². The molecule has 0 N–H and O–H groups in total. The lowest BCUT2D eigenvalue weighted by Crippen LogP contribution is -2.38. The van der Waals surface area contributed by atoms with Crippen molar-refractivity contribution in [2.75, 3.05) is 6.54 Å². The van der Waals surface area contributed by atoms with E-state index in [0.717, 1.165) is 31.8 Å². The van der Waals surface area contributed by atoms with Gasteiger partial charge in [-0.15, -0.1) is 0 Å². The molecule has 2 rings (SSSR count). The van der Waals surface area contributed by atoms with Crippen LogP contribution in [0.15, 0.2) is 11.8 Å². The fourth-order valence-corrected chi connectivity index (χ4v) is 2.34. The van der Waals surface area contributed by atoms with Crippen LogP contribution >= 0.6 is 0 Å². The summed E-state index contributed by atoms with van der Waals surface area (Å²) in [5.41, 5.74) is 0.0329. The zero-order valence-corrected chi connectivity index (χ0v) is 8.52. The molecule has 2 aliphatic rings. The molecule has 0 radical (unpaired) electrons. The van der Waals surface area contributed by atoms with Crippen molar-refractivity contribution in [1.29, 1.82) is 0 Å². The van der Waals surface area contributed by atoms with Crippen LogP contribution in [-0.4, -0.2) is 28.3 Å². The first-order valence-corrected chi connectivity index (χ1v) is 5.34. The van der Waals surface area contributed by atoms with Gasteiger partial charge in [-0.2, -0.15) is 0 Å². The maximum absolute atomic E-state index is 11.5. The molecule has 0 aromatic heterocycles. The minimum absolute atomic E-state index is 0.0329. The Morgan fingerprint density at radius 1 is 1.33 bits per heavy atom. The van der Waals surface area contributed by atoms with E-state index in [4.69, 9.17) is 0 Å². The SMILES string of the molecule is O=C1C=C([N+](=O)[O-])CN1C1CCCCC1. The second-order valence-electron chi connectivity index (χ2n) is 4.15.